The number of piperidine rings is 1. The SMILES string of the molecule is CCN1CC[C@]23c4c5ccc(OC)c4O[C@H]2[C@H](NC)CC[C@@]3(O)[C@H]1C5. The number of nitrogens with zero attached hydrogens (tertiary/aromatic N) is 1. The van der Waals surface area contributed by atoms with E-state index in [1.807, 2.05) is 13.1 Å². The van der Waals surface area contributed by atoms with E-state index in [2.05, 4.69) is 23.2 Å². The van der Waals surface area contributed by atoms with Gasteiger partial charge in [-0.05, 0) is 57.5 Å². The van der Waals surface area contributed by atoms with Crippen molar-refractivity contribution in [2.24, 2.45) is 0 Å². The van der Waals surface area contributed by atoms with Crippen molar-refractivity contribution < 1.29 is 14.6 Å². The van der Waals surface area contributed by atoms with Gasteiger partial charge in [0, 0.05) is 17.6 Å². The van der Waals surface area contributed by atoms with Gasteiger partial charge < -0.3 is 19.9 Å². The summed E-state index contributed by atoms with van der Waals surface area (Å²) >= 11 is 0. The topological polar surface area (TPSA) is 54.0 Å². The average Bonchev–Trinajstić information content (AvgIpc) is 2.97. The Labute approximate surface area is 149 Å². The van der Waals surface area contributed by atoms with E-state index >= 15 is 0 Å². The third kappa shape index (κ3) is 1.65. The molecule has 0 aromatic heterocycles. The molecule has 1 spiro atoms. The van der Waals surface area contributed by atoms with Gasteiger partial charge in [0.05, 0.1) is 18.1 Å². The average molecular weight is 344 g/mol. The number of hydrogen-bond acceptors (Lipinski definition) is 5. The van der Waals surface area contributed by atoms with Crippen molar-refractivity contribution in [1.29, 1.82) is 0 Å². The summed E-state index contributed by atoms with van der Waals surface area (Å²) in [5.74, 6) is 1.69. The summed E-state index contributed by atoms with van der Waals surface area (Å²) in [6.07, 6.45) is 3.60. The number of ether oxygens (including phenoxy) is 2. The standard InChI is InChI=1S/C20H28N2O3/c1-4-22-10-9-19-16-12-5-6-14(24-3)17(16)25-18(19)13(21-2)7-8-20(19,23)15(22)11-12/h5-6,13,15,18,21,23H,4,7-11H2,1-3H3/t13-,15-,18+,19+,20-/m1/s1. The van der Waals surface area contributed by atoms with E-state index in [0.29, 0.717) is 0 Å². The maximum absolute atomic E-state index is 12.1. The number of nitrogens with one attached hydrogen (secondary N) is 1. The minimum absolute atomic E-state index is 0.0249. The van der Waals surface area contributed by atoms with Crippen molar-refractivity contribution in [1.82, 2.24) is 10.2 Å². The van der Waals surface area contributed by atoms with Crippen molar-refractivity contribution in [2.45, 2.75) is 61.8 Å². The number of hydrogen-bond donors (Lipinski definition) is 2. The Morgan fingerprint density at radius 1 is 1.40 bits per heavy atom. The zero-order valence-electron chi connectivity index (χ0n) is 15.3. The Morgan fingerprint density at radius 3 is 2.96 bits per heavy atom. The van der Waals surface area contributed by atoms with Crippen LogP contribution in [0.3, 0.4) is 0 Å². The Balaban J connectivity index is 1.79. The zero-order chi connectivity index (χ0) is 17.4. The second kappa shape index (κ2) is 5.12. The van der Waals surface area contributed by atoms with Gasteiger partial charge in [-0.3, -0.25) is 4.90 Å². The molecule has 0 amide bonds. The van der Waals surface area contributed by atoms with Gasteiger partial charge in [-0.2, -0.15) is 0 Å². The number of methoxy groups -OCH3 is 1. The van der Waals surface area contributed by atoms with Crippen LogP contribution in [0.15, 0.2) is 12.1 Å². The lowest BCUT2D eigenvalue weighted by atomic mass is 9.48. The molecule has 1 aromatic rings. The van der Waals surface area contributed by atoms with Gasteiger partial charge in [0.25, 0.3) is 0 Å². The summed E-state index contributed by atoms with van der Waals surface area (Å²) in [7, 11) is 3.71. The highest BCUT2D eigenvalue weighted by molar-refractivity contribution is 5.63. The molecule has 2 fully saturated rings. The molecule has 25 heavy (non-hydrogen) atoms. The molecule has 2 heterocycles. The summed E-state index contributed by atoms with van der Waals surface area (Å²) < 4.78 is 12.2. The molecule has 2 bridgehead atoms. The lowest BCUT2D eigenvalue weighted by Gasteiger charge is -2.64. The molecule has 136 valence electrons. The largest absolute Gasteiger partial charge is 0.493 e. The van der Waals surface area contributed by atoms with Crippen LogP contribution >= 0.6 is 0 Å². The predicted molar refractivity (Wildman–Crippen MR) is 95.5 cm³/mol. The maximum atomic E-state index is 12.1. The predicted octanol–water partition coefficient (Wildman–Crippen LogP) is 1.46. The fraction of sp³-hybridized carbons (Fsp3) is 0.700. The van der Waals surface area contributed by atoms with Gasteiger partial charge in [-0.25, -0.2) is 0 Å². The molecule has 5 rings (SSSR count). The Kier molecular flexibility index (Phi) is 3.26. The van der Waals surface area contributed by atoms with E-state index in [9.17, 15) is 5.11 Å². The summed E-state index contributed by atoms with van der Waals surface area (Å²) in [6.45, 7) is 4.22. The van der Waals surface area contributed by atoms with Crippen molar-refractivity contribution in [3.05, 3.63) is 23.3 Å². The first-order chi connectivity index (χ1) is 12.1. The summed E-state index contributed by atoms with van der Waals surface area (Å²) in [5.41, 5.74) is 1.55. The van der Waals surface area contributed by atoms with Gasteiger partial charge >= 0.3 is 0 Å². The van der Waals surface area contributed by atoms with Crippen LogP contribution in [-0.2, 0) is 11.8 Å². The van der Waals surface area contributed by atoms with E-state index in [1.165, 1.54) is 11.1 Å². The van der Waals surface area contributed by atoms with Crippen LogP contribution < -0.4 is 14.8 Å². The fourth-order valence-corrected chi connectivity index (χ4v) is 6.46. The first kappa shape index (κ1) is 15.9. The minimum Gasteiger partial charge on any atom is -0.493 e. The molecule has 2 aliphatic carbocycles. The van der Waals surface area contributed by atoms with Crippen LogP contribution in [0.4, 0.5) is 0 Å². The van der Waals surface area contributed by atoms with Crippen LogP contribution in [0.25, 0.3) is 0 Å². The van der Waals surface area contributed by atoms with Crippen LogP contribution in [0.2, 0.25) is 0 Å². The van der Waals surface area contributed by atoms with E-state index in [-0.39, 0.29) is 23.6 Å². The first-order valence-electron chi connectivity index (χ1n) is 9.61. The van der Waals surface area contributed by atoms with Gasteiger partial charge in [0.1, 0.15) is 6.10 Å². The van der Waals surface area contributed by atoms with Gasteiger partial charge in [-0.1, -0.05) is 13.0 Å². The molecular weight excluding hydrogens is 316 g/mol. The van der Waals surface area contributed by atoms with Crippen LogP contribution in [0, 0.1) is 0 Å². The minimum atomic E-state index is -0.718. The van der Waals surface area contributed by atoms with Gasteiger partial charge in [-0.15, -0.1) is 0 Å². The molecule has 1 saturated heterocycles. The molecule has 1 saturated carbocycles. The molecule has 1 aromatic carbocycles. The van der Waals surface area contributed by atoms with Crippen molar-refractivity contribution in [3.63, 3.8) is 0 Å². The fourth-order valence-electron chi connectivity index (χ4n) is 6.46. The second-order valence-electron chi connectivity index (χ2n) is 8.10. The van der Waals surface area contributed by atoms with E-state index in [0.717, 1.165) is 50.3 Å². The zero-order valence-corrected chi connectivity index (χ0v) is 15.3. The molecule has 4 aliphatic rings. The van der Waals surface area contributed by atoms with Crippen molar-refractivity contribution in [3.8, 4) is 11.5 Å². The lowest BCUT2D eigenvalue weighted by molar-refractivity contribution is -0.190. The molecular formula is C20H28N2O3. The summed E-state index contributed by atoms with van der Waals surface area (Å²) in [5, 5.41) is 15.6. The Bertz CT molecular complexity index is 723. The molecule has 5 heteroatoms. The first-order valence-corrected chi connectivity index (χ1v) is 9.61. The Hall–Kier alpha value is -1.30. The third-order valence-corrected chi connectivity index (χ3v) is 7.55. The quantitative estimate of drug-likeness (QED) is 0.869. The number of aliphatic hydroxyl groups is 1. The van der Waals surface area contributed by atoms with Crippen LogP contribution in [0.1, 0.15) is 37.3 Å². The summed E-state index contributed by atoms with van der Waals surface area (Å²) in [4.78, 5) is 2.48. The van der Waals surface area contributed by atoms with Gasteiger partial charge in [0.15, 0.2) is 11.5 Å². The second-order valence-corrected chi connectivity index (χ2v) is 8.10. The molecule has 5 nitrogen and oxygen atoms in total. The van der Waals surface area contributed by atoms with Crippen LogP contribution in [-0.4, -0.2) is 61.0 Å². The number of likely N-dealkylation sites (tertiary alicyclic amines) is 1. The smallest absolute Gasteiger partial charge is 0.165 e. The van der Waals surface area contributed by atoms with Gasteiger partial charge in [0.2, 0.25) is 0 Å². The normalized spacial score (nSPS) is 41.2. The molecule has 2 aliphatic heterocycles. The number of likely N-dealkylation sites (N-methyl/N-ethyl adjacent to an activating group) is 2. The monoisotopic (exact) mass is 344 g/mol. The third-order valence-electron chi connectivity index (χ3n) is 7.55. The van der Waals surface area contributed by atoms with E-state index in [1.54, 1.807) is 7.11 Å². The number of benzene rings is 1. The summed E-state index contributed by atoms with van der Waals surface area (Å²) in [6, 6.07) is 4.67. The number of rotatable bonds is 3. The van der Waals surface area contributed by atoms with Crippen molar-refractivity contribution >= 4 is 0 Å². The molecule has 5 atom stereocenters. The van der Waals surface area contributed by atoms with Crippen molar-refractivity contribution in [2.75, 3.05) is 27.2 Å². The molecule has 0 unspecified atom stereocenters. The molecule has 0 radical (unpaired) electrons. The van der Waals surface area contributed by atoms with E-state index < -0.39 is 5.60 Å². The lowest BCUT2D eigenvalue weighted by Crippen LogP contribution is -2.77. The maximum Gasteiger partial charge on any atom is 0.165 e. The Morgan fingerprint density at radius 2 is 2.24 bits per heavy atom. The van der Waals surface area contributed by atoms with E-state index in [4.69, 9.17) is 9.47 Å². The highest BCUT2D eigenvalue weighted by Crippen LogP contribution is 2.65. The van der Waals surface area contributed by atoms with Crippen LogP contribution in [0.5, 0.6) is 11.5 Å². The molecule has 2 N–H and O–H groups in total. The highest BCUT2D eigenvalue weighted by Gasteiger charge is 2.72. The highest BCUT2D eigenvalue weighted by atomic mass is 16.5.